The Hall–Kier alpha value is -2.64. The molecule has 0 saturated carbocycles. The van der Waals surface area contributed by atoms with Crippen molar-refractivity contribution >= 4 is 11.6 Å². The van der Waals surface area contributed by atoms with Gasteiger partial charge in [0.05, 0.1) is 12.1 Å². The zero-order chi connectivity index (χ0) is 13.5. The lowest BCUT2D eigenvalue weighted by atomic mass is 10.2. The number of benzene rings is 1. The van der Waals surface area contributed by atoms with Crippen molar-refractivity contribution in [2.45, 2.75) is 0 Å². The average molecular weight is 251 g/mol. The molecule has 1 heterocycles. The minimum absolute atomic E-state index is 0.213. The van der Waals surface area contributed by atoms with Crippen molar-refractivity contribution in [3.05, 3.63) is 59.9 Å². The predicted octanol–water partition coefficient (Wildman–Crippen LogP) is 1.64. The average Bonchev–Trinajstić information content (AvgIpc) is 2.46. The lowest BCUT2D eigenvalue weighted by Crippen LogP contribution is -2.12. The van der Waals surface area contributed by atoms with Crippen LogP contribution in [0, 0.1) is 11.8 Å². The predicted molar refractivity (Wildman–Crippen MR) is 74.6 cm³/mol. The normalized spacial score (nSPS) is 9.32. The third-order valence-electron chi connectivity index (χ3n) is 2.37. The van der Waals surface area contributed by atoms with Crippen LogP contribution in [0.2, 0.25) is 0 Å². The van der Waals surface area contributed by atoms with E-state index in [1.807, 2.05) is 30.3 Å². The molecule has 0 spiro atoms. The van der Waals surface area contributed by atoms with Gasteiger partial charge in [-0.1, -0.05) is 30.0 Å². The molecule has 0 bridgehead atoms. The largest absolute Gasteiger partial charge is 0.322 e. The fourth-order valence-corrected chi connectivity index (χ4v) is 1.51. The highest BCUT2D eigenvalue weighted by atomic mass is 16.1. The van der Waals surface area contributed by atoms with Crippen LogP contribution in [0.5, 0.6) is 0 Å². The van der Waals surface area contributed by atoms with E-state index in [2.05, 4.69) is 22.1 Å². The molecule has 1 amide bonds. The highest BCUT2D eigenvalue weighted by Gasteiger charge is 2.06. The molecule has 2 rings (SSSR count). The van der Waals surface area contributed by atoms with E-state index in [4.69, 9.17) is 5.73 Å². The van der Waals surface area contributed by atoms with E-state index in [1.54, 1.807) is 12.3 Å². The quantitative estimate of drug-likeness (QED) is 0.797. The SMILES string of the molecule is NCC#Cc1cncc(C(=O)Nc2ccccc2)c1. The van der Waals surface area contributed by atoms with Gasteiger partial charge in [0.2, 0.25) is 0 Å². The Bertz CT molecular complexity index is 627. The van der Waals surface area contributed by atoms with Crippen LogP contribution in [0.15, 0.2) is 48.8 Å². The van der Waals surface area contributed by atoms with Gasteiger partial charge in [-0.25, -0.2) is 0 Å². The van der Waals surface area contributed by atoms with Gasteiger partial charge in [0.25, 0.3) is 5.91 Å². The van der Waals surface area contributed by atoms with Gasteiger partial charge in [-0.05, 0) is 18.2 Å². The van der Waals surface area contributed by atoms with Crippen molar-refractivity contribution in [1.82, 2.24) is 4.98 Å². The molecule has 0 saturated heterocycles. The van der Waals surface area contributed by atoms with Gasteiger partial charge in [0.15, 0.2) is 0 Å². The molecule has 0 aliphatic heterocycles. The number of hydrogen-bond donors (Lipinski definition) is 2. The van der Waals surface area contributed by atoms with Crippen LogP contribution in [-0.4, -0.2) is 17.4 Å². The van der Waals surface area contributed by atoms with E-state index in [0.717, 1.165) is 5.69 Å². The van der Waals surface area contributed by atoms with E-state index in [0.29, 0.717) is 11.1 Å². The van der Waals surface area contributed by atoms with E-state index in [1.165, 1.54) is 6.20 Å². The highest BCUT2D eigenvalue weighted by Crippen LogP contribution is 2.08. The summed E-state index contributed by atoms with van der Waals surface area (Å²) in [6.45, 7) is 0.278. The maximum absolute atomic E-state index is 12.0. The van der Waals surface area contributed by atoms with Crippen LogP contribution in [0.25, 0.3) is 0 Å². The first-order valence-electron chi connectivity index (χ1n) is 5.80. The van der Waals surface area contributed by atoms with Crippen molar-refractivity contribution in [2.75, 3.05) is 11.9 Å². The van der Waals surface area contributed by atoms with E-state index >= 15 is 0 Å². The zero-order valence-corrected chi connectivity index (χ0v) is 10.3. The molecule has 0 aliphatic carbocycles. The van der Waals surface area contributed by atoms with Crippen LogP contribution >= 0.6 is 0 Å². The van der Waals surface area contributed by atoms with Crippen molar-refractivity contribution in [2.24, 2.45) is 5.73 Å². The van der Waals surface area contributed by atoms with E-state index < -0.39 is 0 Å². The number of carbonyl (C=O) groups excluding carboxylic acids is 1. The summed E-state index contributed by atoms with van der Waals surface area (Å²) in [6, 6.07) is 10.9. The van der Waals surface area contributed by atoms with Crippen LogP contribution in [0.4, 0.5) is 5.69 Å². The molecule has 3 N–H and O–H groups in total. The number of amides is 1. The maximum atomic E-state index is 12.0. The molecular weight excluding hydrogens is 238 g/mol. The van der Waals surface area contributed by atoms with Crippen LogP contribution < -0.4 is 11.1 Å². The third kappa shape index (κ3) is 3.66. The minimum Gasteiger partial charge on any atom is -0.322 e. The summed E-state index contributed by atoms with van der Waals surface area (Å²) in [5.41, 5.74) is 7.18. The Morgan fingerprint density at radius 2 is 2.05 bits per heavy atom. The summed E-state index contributed by atoms with van der Waals surface area (Å²) in [7, 11) is 0. The van der Waals surface area contributed by atoms with Crippen LogP contribution in [0.3, 0.4) is 0 Å². The Morgan fingerprint density at radius 3 is 2.79 bits per heavy atom. The molecule has 0 atom stereocenters. The Balaban J connectivity index is 2.15. The number of para-hydroxylation sites is 1. The molecule has 0 aliphatic rings. The number of pyridine rings is 1. The van der Waals surface area contributed by atoms with Crippen LogP contribution in [0.1, 0.15) is 15.9 Å². The fourth-order valence-electron chi connectivity index (χ4n) is 1.51. The first-order valence-corrected chi connectivity index (χ1v) is 5.80. The number of anilines is 1. The van der Waals surface area contributed by atoms with Gasteiger partial charge in [-0.2, -0.15) is 0 Å². The summed E-state index contributed by atoms with van der Waals surface area (Å²) < 4.78 is 0. The molecule has 2 aromatic rings. The van der Waals surface area contributed by atoms with Crippen molar-refractivity contribution in [3.8, 4) is 11.8 Å². The lowest BCUT2D eigenvalue weighted by Gasteiger charge is -2.04. The molecule has 94 valence electrons. The highest BCUT2D eigenvalue weighted by molar-refractivity contribution is 6.04. The zero-order valence-electron chi connectivity index (χ0n) is 10.3. The molecule has 19 heavy (non-hydrogen) atoms. The second-order valence-electron chi connectivity index (χ2n) is 3.79. The molecule has 1 aromatic carbocycles. The Kier molecular flexibility index (Phi) is 4.27. The number of aromatic nitrogens is 1. The molecule has 0 unspecified atom stereocenters. The van der Waals surface area contributed by atoms with E-state index in [-0.39, 0.29) is 12.5 Å². The van der Waals surface area contributed by atoms with Crippen LogP contribution in [-0.2, 0) is 0 Å². The number of nitrogens with zero attached hydrogens (tertiary/aromatic N) is 1. The number of nitrogens with one attached hydrogen (secondary N) is 1. The Morgan fingerprint density at radius 1 is 1.26 bits per heavy atom. The van der Waals surface area contributed by atoms with Gasteiger partial charge in [-0.15, -0.1) is 0 Å². The first-order chi connectivity index (χ1) is 9.29. The topological polar surface area (TPSA) is 68.0 Å². The molecule has 0 radical (unpaired) electrons. The number of nitrogens with two attached hydrogens (primary N) is 1. The third-order valence-corrected chi connectivity index (χ3v) is 2.37. The maximum Gasteiger partial charge on any atom is 0.257 e. The Labute approximate surface area is 111 Å². The van der Waals surface area contributed by atoms with E-state index in [9.17, 15) is 4.79 Å². The van der Waals surface area contributed by atoms with Gasteiger partial charge in [-0.3, -0.25) is 9.78 Å². The number of hydrogen-bond acceptors (Lipinski definition) is 3. The smallest absolute Gasteiger partial charge is 0.257 e. The fraction of sp³-hybridized carbons (Fsp3) is 0.0667. The molecule has 0 fully saturated rings. The van der Waals surface area contributed by atoms with Gasteiger partial charge in [0.1, 0.15) is 0 Å². The molecule has 4 nitrogen and oxygen atoms in total. The lowest BCUT2D eigenvalue weighted by molar-refractivity contribution is 0.102. The van der Waals surface area contributed by atoms with Crippen molar-refractivity contribution in [3.63, 3.8) is 0 Å². The number of rotatable bonds is 2. The van der Waals surface area contributed by atoms with Crippen molar-refractivity contribution in [1.29, 1.82) is 0 Å². The molecule has 4 heteroatoms. The monoisotopic (exact) mass is 251 g/mol. The van der Waals surface area contributed by atoms with Gasteiger partial charge in [0, 0.05) is 23.6 Å². The summed E-state index contributed by atoms with van der Waals surface area (Å²) >= 11 is 0. The second-order valence-corrected chi connectivity index (χ2v) is 3.79. The van der Waals surface area contributed by atoms with Gasteiger partial charge >= 0.3 is 0 Å². The first kappa shape index (κ1) is 12.8. The second kappa shape index (κ2) is 6.34. The summed E-state index contributed by atoms with van der Waals surface area (Å²) in [4.78, 5) is 16.0. The molecular formula is C15H13N3O. The molecule has 1 aromatic heterocycles. The summed E-state index contributed by atoms with van der Waals surface area (Å²) in [5.74, 6) is 5.36. The van der Waals surface area contributed by atoms with Gasteiger partial charge < -0.3 is 11.1 Å². The number of carbonyl (C=O) groups is 1. The summed E-state index contributed by atoms with van der Waals surface area (Å²) in [6.07, 6.45) is 3.11. The summed E-state index contributed by atoms with van der Waals surface area (Å²) in [5, 5.41) is 2.79. The van der Waals surface area contributed by atoms with Crippen molar-refractivity contribution < 1.29 is 4.79 Å². The standard InChI is InChI=1S/C15H13N3O/c16-8-4-5-12-9-13(11-17-10-12)15(19)18-14-6-2-1-3-7-14/h1-3,6-7,9-11H,8,16H2,(H,18,19). The minimum atomic E-state index is -0.213.